The molecule has 1 saturated heterocycles. The maximum atomic E-state index is 13.1. The average molecular weight is 509 g/mol. The number of ether oxygens (including phenoxy) is 1. The van der Waals surface area contributed by atoms with Gasteiger partial charge in [0.25, 0.3) is 11.8 Å². The molecule has 0 aromatic heterocycles. The van der Waals surface area contributed by atoms with Crippen LogP contribution in [0.1, 0.15) is 29.2 Å². The minimum absolute atomic E-state index is 0.218. The van der Waals surface area contributed by atoms with E-state index in [0.717, 1.165) is 28.0 Å². The van der Waals surface area contributed by atoms with Crippen molar-refractivity contribution in [2.24, 2.45) is 0 Å². The molecular weight excluding hydrogens is 487 g/mol. The highest BCUT2D eigenvalue weighted by Crippen LogP contribution is 2.36. The molecule has 0 spiro atoms. The van der Waals surface area contributed by atoms with E-state index < -0.39 is 17.8 Å². The summed E-state index contributed by atoms with van der Waals surface area (Å²) in [5.41, 5.74) is 3.71. The molecule has 0 unspecified atom stereocenters. The Morgan fingerprint density at radius 1 is 0.914 bits per heavy atom. The number of imide groups is 2. The van der Waals surface area contributed by atoms with E-state index >= 15 is 0 Å². The van der Waals surface area contributed by atoms with Gasteiger partial charge in [-0.05, 0) is 60.4 Å². The van der Waals surface area contributed by atoms with Gasteiger partial charge in [-0.1, -0.05) is 72.1 Å². The Balaban J connectivity index is 1.59. The first-order chi connectivity index (χ1) is 16.8. The molecule has 0 saturated carbocycles. The summed E-state index contributed by atoms with van der Waals surface area (Å²) in [5, 5.41) is 2.66. The zero-order valence-corrected chi connectivity index (χ0v) is 20.6. The maximum Gasteiger partial charge on any atom is 0.335 e. The van der Waals surface area contributed by atoms with Gasteiger partial charge in [-0.3, -0.25) is 14.9 Å². The number of hydrogen-bond acceptors (Lipinski definition) is 4. The first-order valence-electron chi connectivity index (χ1n) is 10.9. The summed E-state index contributed by atoms with van der Waals surface area (Å²) in [6.45, 7) is 4.28. The van der Waals surface area contributed by atoms with E-state index in [-0.39, 0.29) is 22.2 Å². The van der Waals surface area contributed by atoms with Crippen molar-refractivity contribution in [1.82, 2.24) is 5.32 Å². The number of carbonyl (C=O) groups excluding carboxylic acids is 3. The SMILES string of the molecule is CCc1ccc(N2C(=O)NC(=O)/C(=C/c3cc(Cl)c(OCc4ccc(C)cc4)c(Cl)c3)C2=O)cc1. The fraction of sp³-hybridized carbons (Fsp3) is 0.148. The molecule has 1 fully saturated rings. The topological polar surface area (TPSA) is 75.7 Å². The summed E-state index contributed by atoms with van der Waals surface area (Å²) in [6.07, 6.45) is 2.16. The number of barbiturate groups is 1. The minimum atomic E-state index is -0.808. The molecule has 1 N–H and O–H groups in total. The summed E-state index contributed by atoms with van der Waals surface area (Å²) in [4.78, 5) is 38.9. The van der Waals surface area contributed by atoms with Crippen LogP contribution in [0.4, 0.5) is 10.5 Å². The molecule has 6 nitrogen and oxygen atoms in total. The lowest BCUT2D eigenvalue weighted by Crippen LogP contribution is -2.54. The number of amides is 4. The third-order valence-electron chi connectivity index (χ3n) is 5.54. The van der Waals surface area contributed by atoms with Gasteiger partial charge in [0.1, 0.15) is 12.2 Å². The van der Waals surface area contributed by atoms with Gasteiger partial charge >= 0.3 is 6.03 Å². The van der Waals surface area contributed by atoms with Gasteiger partial charge < -0.3 is 4.74 Å². The summed E-state index contributed by atoms with van der Waals surface area (Å²) in [7, 11) is 0. The van der Waals surface area contributed by atoms with Crippen LogP contribution < -0.4 is 15.0 Å². The Morgan fingerprint density at radius 2 is 1.51 bits per heavy atom. The second-order valence-corrected chi connectivity index (χ2v) is 8.88. The highest BCUT2D eigenvalue weighted by molar-refractivity contribution is 6.40. The molecule has 1 heterocycles. The van der Waals surface area contributed by atoms with Gasteiger partial charge in [-0.15, -0.1) is 0 Å². The van der Waals surface area contributed by atoms with Gasteiger partial charge in [0.05, 0.1) is 15.7 Å². The second kappa shape index (κ2) is 10.3. The average Bonchev–Trinajstić information content (AvgIpc) is 2.82. The molecule has 1 aliphatic rings. The normalized spacial score (nSPS) is 14.9. The van der Waals surface area contributed by atoms with E-state index in [1.165, 1.54) is 6.08 Å². The number of benzene rings is 3. The molecule has 4 rings (SSSR count). The van der Waals surface area contributed by atoms with Crippen LogP contribution in [0.5, 0.6) is 5.75 Å². The van der Waals surface area contributed by atoms with Gasteiger partial charge in [-0.2, -0.15) is 0 Å². The number of anilines is 1. The van der Waals surface area contributed by atoms with Crippen LogP contribution in [-0.2, 0) is 22.6 Å². The maximum absolute atomic E-state index is 13.1. The zero-order chi connectivity index (χ0) is 25.1. The van der Waals surface area contributed by atoms with Crippen molar-refractivity contribution in [2.45, 2.75) is 26.9 Å². The van der Waals surface area contributed by atoms with Crippen molar-refractivity contribution in [3.8, 4) is 5.75 Å². The number of nitrogens with one attached hydrogen (secondary N) is 1. The molecule has 8 heteroatoms. The van der Waals surface area contributed by atoms with Crippen molar-refractivity contribution in [2.75, 3.05) is 4.90 Å². The van der Waals surface area contributed by atoms with Crippen LogP contribution in [0.2, 0.25) is 10.0 Å². The molecule has 3 aromatic carbocycles. The van der Waals surface area contributed by atoms with Crippen molar-refractivity contribution in [3.63, 3.8) is 0 Å². The number of aryl methyl sites for hydroxylation is 2. The lowest BCUT2D eigenvalue weighted by Gasteiger charge is -2.26. The van der Waals surface area contributed by atoms with Crippen LogP contribution >= 0.6 is 23.2 Å². The number of hydrogen-bond donors (Lipinski definition) is 1. The molecule has 178 valence electrons. The Morgan fingerprint density at radius 3 is 2.11 bits per heavy atom. The number of urea groups is 1. The molecule has 3 aromatic rings. The van der Waals surface area contributed by atoms with E-state index in [4.69, 9.17) is 27.9 Å². The summed E-state index contributed by atoms with van der Waals surface area (Å²) >= 11 is 12.8. The van der Waals surface area contributed by atoms with Crippen molar-refractivity contribution in [1.29, 1.82) is 0 Å². The largest absolute Gasteiger partial charge is 0.486 e. The van der Waals surface area contributed by atoms with Gasteiger partial charge in [0, 0.05) is 0 Å². The van der Waals surface area contributed by atoms with E-state index in [1.54, 1.807) is 24.3 Å². The molecule has 0 radical (unpaired) electrons. The van der Waals surface area contributed by atoms with Crippen molar-refractivity contribution in [3.05, 3.63) is 98.5 Å². The lowest BCUT2D eigenvalue weighted by molar-refractivity contribution is -0.122. The number of halogens is 2. The fourth-order valence-electron chi connectivity index (χ4n) is 3.58. The summed E-state index contributed by atoms with van der Waals surface area (Å²) < 4.78 is 5.80. The lowest BCUT2D eigenvalue weighted by atomic mass is 10.1. The van der Waals surface area contributed by atoms with Gasteiger partial charge in [0.2, 0.25) is 0 Å². The second-order valence-electron chi connectivity index (χ2n) is 8.07. The number of carbonyl (C=O) groups is 3. The Kier molecular flexibility index (Phi) is 7.24. The molecule has 0 aliphatic carbocycles. The quantitative estimate of drug-likeness (QED) is 0.322. The van der Waals surface area contributed by atoms with Gasteiger partial charge in [0.15, 0.2) is 5.75 Å². The standard InChI is InChI=1S/C27H22Cl2N2O4/c1-3-17-8-10-20(11-9-17)31-26(33)21(25(32)30-27(31)34)12-19-13-22(28)24(23(29)14-19)35-15-18-6-4-16(2)5-7-18/h4-14H,3,15H2,1-2H3,(H,30,32,34)/b21-12-. The molecule has 1 aliphatic heterocycles. The molecular formula is C27H22Cl2N2O4. The van der Waals surface area contributed by atoms with Crippen LogP contribution in [0.3, 0.4) is 0 Å². The highest BCUT2D eigenvalue weighted by atomic mass is 35.5. The number of nitrogens with zero attached hydrogens (tertiary/aromatic N) is 1. The molecule has 4 amide bonds. The van der Waals surface area contributed by atoms with E-state index in [2.05, 4.69) is 5.32 Å². The monoisotopic (exact) mass is 508 g/mol. The first-order valence-corrected chi connectivity index (χ1v) is 11.7. The fourth-order valence-corrected chi connectivity index (χ4v) is 4.19. The minimum Gasteiger partial charge on any atom is -0.486 e. The van der Waals surface area contributed by atoms with Crippen LogP contribution in [-0.4, -0.2) is 17.8 Å². The van der Waals surface area contributed by atoms with Crippen LogP contribution in [0.25, 0.3) is 6.08 Å². The summed E-state index contributed by atoms with van der Waals surface area (Å²) in [6, 6.07) is 17.1. The Labute approximate surface area is 213 Å². The predicted octanol–water partition coefficient (Wildman–Crippen LogP) is 6.11. The van der Waals surface area contributed by atoms with Crippen molar-refractivity contribution < 1.29 is 19.1 Å². The highest BCUT2D eigenvalue weighted by Gasteiger charge is 2.36. The zero-order valence-electron chi connectivity index (χ0n) is 19.1. The van der Waals surface area contributed by atoms with E-state index in [0.29, 0.717) is 17.0 Å². The Bertz CT molecular complexity index is 1310. The summed E-state index contributed by atoms with van der Waals surface area (Å²) in [5.74, 6) is -1.24. The third kappa shape index (κ3) is 5.39. The smallest absolute Gasteiger partial charge is 0.335 e. The number of rotatable bonds is 6. The van der Waals surface area contributed by atoms with Gasteiger partial charge in [-0.25, -0.2) is 9.69 Å². The predicted molar refractivity (Wildman–Crippen MR) is 137 cm³/mol. The molecule has 0 bridgehead atoms. The van der Waals surface area contributed by atoms with Crippen molar-refractivity contribution >= 4 is 52.8 Å². The van der Waals surface area contributed by atoms with Crippen LogP contribution in [0.15, 0.2) is 66.2 Å². The Hall–Kier alpha value is -3.61. The van der Waals surface area contributed by atoms with E-state index in [1.807, 2.05) is 50.2 Å². The first kappa shape index (κ1) is 24.5. The molecule has 0 atom stereocenters. The van der Waals surface area contributed by atoms with E-state index in [9.17, 15) is 14.4 Å². The third-order valence-corrected chi connectivity index (χ3v) is 6.10. The molecule has 35 heavy (non-hydrogen) atoms. The van der Waals surface area contributed by atoms with Crippen LogP contribution in [0, 0.1) is 6.92 Å².